The summed E-state index contributed by atoms with van der Waals surface area (Å²) in [5, 5.41) is 7.14. The monoisotopic (exact) mass is 414 g/mol. The lowest BCUT2D eigenvalue weighted by atomic mass is 10.0. The average Bonchev–Trinajstić information content (AvgIpc) is 3.42. The van der Waals surface area contributed by atoms with Crippen LogP contribution < -0.4 is 10.1 Å². The first-order valence-corrected chi connectivity index (χ1v) is 10.2. The van der Waals surface area contributed by atoms with Crippen LogP contribution in [0.4, 0.5) is 5.82 Å². The molecule has 4 aromatic rings. The van der Waals surface area contributed by atoms with Gasteiger partial charge in [-0.25, -0.2) is 9.97 Å². The van der Waals surface area contributed by atoms with E-state index < -0.39 is 0 Å². The molecule has 1 amide bonds. The van der Waals surface area contributed by atoms with Crippen molar-refractivity contribution in [3.63, 3.8) is 0 Å². The van der Waals surface area contributed by atoms with E-state index in [0.29, 0.717) is 23.7 Å². The van der Waals surface area contributed by atoms with Crippen LogP contribution in [0.5, 0.6) is 5.75 Å². The third-order valence-corrected chi connectivity index (χ3v) is 5.25. The van der Waals surface area contributed by atoms with E-state index in [-0.39, 0.29) is 5.91 Å². The fourth-order valence-corrected chi connectivity index (χ4v) is 3.68. The summed E-state index contributed by atoms with van der Waals surface area (Å²) in [6.07, 6.45) is 9.19. The lowest BCUT2D eigenvalue weighted by Gasteiger charge is -2.15. The molecule has 1 aromatic carbocycles. The van der Waals surface area contributed by atoms with Gasteiger partial charge in [-0.15, -0.1) is 0 Å². The van der Waals surface area contributed by atoms with Gasteiger partial charge in [-0.2, -0.15) is 5.10 Å². The van der Waals surface area contributed by atoms with E-state index in [4.69, 9.17) is 4.74 Å². The van der Waals surface area contributed by atoms with Crippen molar-refractivity contribution < 1.29 is 9.53 Å². The molecular formula is C23H22N6O2. The molecule has 1 N–H and O–H groups in total. The number of rotatable bonds is 1. The van der Waals surface area contributed by atoms with Gasteiger partial charge in [-0.05, 0) is 42.7 Å². The van der Waals surface area contributed by atoms with Crippen molar-refractivity contribution in [2.24, 2.45) is 7.05 Å². The van der Waals surface area contributed by atoms with Crippen LogP contribution >= 0.6 is 0 Å². The van der Waals surface area contributed by atoms with Crippen LogP contribution in [0.1, 0.15) is 23.2 Å². The molecule has 8 heteroatoms. The summed E-state index contributed by atoms with van der Waals surface area (Å²) in [4.78, 5) is 22.3. The number of hydrogen-bond acceptors (Lipinski definition) is 5. The zero-order valence-corrected chi connectivity index (χ0v) is 17.2. The summed E-state index contributed by atoms with van der Waals surface area (Å²) in [6, 6.07) is 11.2. The molecule has 5 rings (SSSR count). The number of amides is 1. The standard InChI is InChI=1S/C23H22N6O2/c1-28-15-17(14-25-28)16-7-8-20-18(13-16)23(30)27-21-6-4-5-19(26-21)22-24-9-11-29(22)10-2-3-12-31-20/h4-9,11,13-15H,2-3,10,12H2,1H3,(H,26,27,30). The second-order valence-corrected chi connectivity index (χ2v) is 7.48. The average molecular weight is 414 g/mol. The van der Waals surface area contributed by atoms with E-state index in [9.17, 15) is 4.79 Å². The number of hydrogen-bond donors (Lipinski definition) is 1. The molecule has 0 fully saturated rings. The highest BCUT2D eigenvalue weighted by Crippen LogP contribution is 2.28. The van der Waals surface area contributed by atoms with Crippen molar-refractivity contribution >= 4 is 11.7 Å². The number of benzene rings is 1. The second-order valence-electron chi connectivity index (χ2n) is 7.48. The number of aromatic nitrogens is 5. The molecule has 0 atom stereocenters. The fraction of sp³-hybridized carbons (Fsp3) is 0.217. The largest absolute Gasteiger partial charge is 0.493 e. The van der Waals surface area contributed by atoms with E-state index >= 15 is 0 Å². The Bertz CT molecular complexity index is 1240. The fourth-order valence-electron chi connectivity index (χ4n) is 3.68. The molecule has 1 aliphatic rings. The number of fused-ring (bicyclic) bond motifs is 5. The molecule has 0 radical (unpaired) electrons. The summed E-state index contributed by atoms with van der Waals surface area (Å²) in [5.41, 5.74) is 3.02. The van der Waals surface area contributed by atoms with Crippen LogP contribution in [0, 0.1) is 0 Å². The molecule has 0 saturated heterocycles. The number of imidazole rings is 1. The maximum absolute atomic E-state index is 13.2. The lowest BCUT2D eigenvalue weighted by Crippen LogP contribution is -2.16. The molecule has 1 aliphatic heterocycles. The summed E-state index contributed by atoms with van der Waals surface area (Å²) < 4.78 is 9.81. The number of carbonyl (C=O) groups is 1. The molecule has 4 heterocycles. The predicted octanol–water partition coefficient (Wildman–Crippen LogP) is 3.77. The molecule has 0 spiro atoms. The minimum Gasteiger partial charge on any atom is -0.493 e. The highest BCUT2D eigenvalue weighted by molar-refractivity contribution is 6.06. The first-order valence-electron chi connectivity index (χ1n) is 10.2. The van der Waals surface area contributed by atoms with Crippen LogP contribution in [0.15, 0.2) is 61.2 Å². The highest BCUT2D eigenvalue weighted by Gasteiger charge is 2.17. The van der Waals surface area contributed by atoms with E-state index in [1.807, 2.05) is 49.8 Å². The molecule has 0 saturated carbocycles. The Morgan fingerprint density at radius 3 is 2.94 bits per heavy atom. The predicted molar refractivity (Wildman–Crippen MR) is 117 cm³/mol. The molecule has 0 aliphatic carbocycles. The number of ether oxygens (including phenoxy) is 1. The van der Waals surface area contributed by atoms with Crippen LogP contribution in [0.2, 0.25) is 0 Å². The Balaban J connectivity index is 1.54. The first-order chi connectivity index (χ1) is 15.2. The van der Waals surface area contributed by atoms with E-state index in [0.717, 1.165) is 42.0 Å². The zero-order valence-electron chi connectivity index (χ0n) is 17.2. The van der Waals surface area contributed by atoms with E-state index in [1.165, 1.54) is 0 Å². The third kappa shape index (κ3) is 3.92. The third-order valence-electron chi connectivity index (χ3n) is 5.25. The highest BCUT2D eigenvalue weighted by atomic mass is 16.5. The number of nitrogens with zero attached hydrogens (tertiary/aromatic N) is 5. The summed E-state index contributed by atoms with van der Waals surface area (Å²) in [6.45, 7) is 1.35. The van der Waals surface area contributed by atoms with Gasteiger partial charge in [-0.3, -0.25) is 9.48 Å². The Labute approximate surface area is 179 Å². The Kier molecular flexibility index (Phi) is 4.95. The minimum atomic E-state index is -0.272. The van der Waals surface area contributed by atoms with Crippen LogP contribution in [0.25, 0.3) is 22.6 Å². The topological polar surface area (TPSA) is 86.9 Å². The Morgan fingerprint density at radius 2 is 2.06 bits per heavy atom. The van der Waals surface area contributed by atoms with Gasteiger partial charge in [0.05, 0.1) is 18.4 Å². The minimum absolute atomic E-state index is 0.272. The number of nitrogens with one attached hydrogen (secondary N) is 1. The van der Waals surface area contributed by atoms with Crippen molar-refractivity contribution in [2.75, 3.05) is 11.9 Å². The molecule has 156 valence electrons. The van der Waals surface area contributed by atoms with Crippen molar-refractivity contribution in [1.82, 2.24) is 24.3 Å². The Morgan fingerprint density at radius 1 is 1.13 bits per heavy atom. The van der Waals surface area contributed by atoms with Crippen molar-refractivity contribution in [1.29, 1.82) is 0 Å². The molecule has 2 bridgehead atoms. The van der Waals surface area contributed by atoms with Gasteiger partial charge in [0.25, 0.3) is 5.91 Å². The smallest absolute Gasteiger partial charge is 0.260 e. The van der Waals surface area contributed by atoms with E-state index in [2.05, 4.69) is 25.0 Å². The molecular weight excluding hydrogens is 392 g/mol. The molecule has 31 heavy (non-hydrogen) atoms. The van der Waals surface area contributed by atoms with Crippen molar-refractivity contribution in [2.45, 2.75) is 19.4 Å². The second kappa shape index (κ2) is 8.06. The Hall–Kier alpha value is -3.94. The van der Waals surface area contributed by atoms with Gasteiger partial charge in [0, 0.05) is 37.7 Å². The maximum atomic E-state index is 13.2. The quantitative estimate of drug-likeness (QED) is 0.512. The number of anilines is 1. The number of pyridine rings is 1. The molecule has 3 aromatic heterocycles. The summed E-state index contributed by atoms with van der Waals surface area (Å²) in [5.74, 6) is 1.53. The van der Waals surface area contributed by atoms with Gasteiger partial charge in [0.15, 0.2) is 5.82 Å². The van der Waals surface area contributed by atoms with Crippen LogP contribution in [0.3, 0.4) is 0 Å². The van der Waals surface area contributed by atoms with E-state index in [1.54, 1.807) is 23.1 Å². The normalized spacial score (nSPS) is 14.0. The summed E-state index contributed by atoms with van der Waals surface area (Å²) >= 11 is 0. The van der Waals surface area contributed by atoms with Gasteiger partial charge in [0.1, 0.15) is 17.3 Å². The zero-order chi connectivity index (χ0) is 21.2. The lowest BCUT2D eigenvalue weighted by molar-refractivity contribution is 0.102. The molecule has 0 unspecified atom stereocenters. The van der Waals surface area contributed by atoms with Gasteiger partial charge in [-0.1, -0.05) is 12.1 Å². The maximum Gasteiger partial charge on any atom is 0.260 e. The van der Waals surface area contributed by atoms with Crippen LogP contribution in [-0.2, 0) is 13.6 Å². The molecule has 8 nitrogen and oxygen atoms in total. The summed E-state index contributed by atoms with van der Waals surface area (Å²) in [7, 11) is 1.86. The van der Waals surface area contributed by atoms with Gasteiger partial charge in [0.2, 0.25) is 0 Å². The SMILES string of the molecule is Cn1cc(-c2ccc3c(c2)C(=O)Nc2cccc(n2)-c2nccn2CCCCO3)cn1. The first kappa shape index (κ1) is 19.0. The van der Waals surface area contributed by atoms with Gasteiger partial charge < -0.3 is 14.6 Å². The van der Waals surface area contributed by atoms with Crippen LogP contribution in [-0.4, -0.2) is 36.8 Å². The number of carbonyl (C=O) groups excluding carboxylic acids is 1. The van der Waals surface area contributed by atoms with Gasteiger partial charge >= 0.3 is 0 Å². The van der Waals surface area contributed by atoms with Crippen molar-refractivity contribution in [3.8, 4) is 28.4 Å². The van der Waals surface area contributed by atoms with Crippen molar-refractivity contribution in [3.05, 3.63) is 66.7 Å². The number of aryl methyl sites for hydroxylation is 2.